The number of nitrogens with one attached hydrogen (secondary N) is 6. The number of amidine groups is 1. The van der Waals surface area contributed by atoms with Crippen molar-refractivity contribution in [2.45, 2.75) is 151 Å². The average molecular weight is 1070 g/mol. The molecule has 3 rings (SSSR count). The molecule has 2 aromatic carbocycles. The van der Waals surface area contributed by atoms with Gasteiger partial charge in [-0.15, -0.1) is 0 Å². The molecule has 3 aromatic rings. The van der Waals surface area contributed by atoms with Crippen molar-refractivity contribution in [2.75, 3.05) is 53.0 Å². The van der Waals surface area contributed by atoms with Gasteiger partial charge in [0.25, 0.3) is 0 Å². The standard InChI is InChI=1S/C50H75N9O7.C9H16O2/c1-10-13-17-24-52-47(58-41(51)18-11-2)46-35(4)23-25-59(46)31-37-21-22-38(27-40(37)65-9)50(7,8)34-66-33-49(5,6)32-56-44(62)29-55-48(64)39(26-36-19-15-14-16-20-36)57-45(63)30-54-43(61)28-53-42(60)12-3;1-4-7(2)9(11)6-5-8(3)10/h14-16,19-23,25,27,39,52H,4,10-13,17-18,24,26,28-34H2,1-3,5-9H3,(H2,51,58)(H,53,60)(H,54,61)(H,55,64)(H,56,62)(H,57,63);7H,4-6H2,1-3H3/b47-46+;. The summed E-state index contributed by atoms with van der Waals surface area (Å²) in [6.07, 6.45) is 8.98. The first-order chi connectivity index (χ1) is 36.5. The van der Waals surface area contributed by atoms with Crippen molar-refractivity contribution in [1.29, 1.82) is 0 Å². The average Bonchev–Trinajstić information content (AvgIpc) is 3.76. The van der Waals surface area contributed by atoms with Gasteiger partial charge in [-0.25, -0.2) is 4.99 Å². The van der Waals surface area contributed by atoms with E-state index >= 15 is 0 Å². The number of ketones is 2. The highest BCUT2D eigenvalue weighted by molar-refractivity contribution is 5.93. The molecular weight excluding hydrogens is 979 g/mol. The molecule has 0 aliphatic carbocycles. The highest BCUT2D eigenvalue weighted by Gasteiger charge is 2.27. The fourth-order valence-electron chi connectivity index (χ4n) is 7.66. The fraction of sp³-hybridized carbons (Fsp3) is 0.559. The summed E-state index contributed by atoms with van der Waals surface area (Å²) in [4.78, 5) is 88.9. The highest BCUT2D eigenvalue weighted by atomic mass is 16.5. The van der Waals surface area contributed by atoms with Crippen molar-refractivity contribution in [3.05, 3.63) is 88.1 Å². The number of hydrogen-bond donors (Lipinski definition) is 7. The zero-order valence-electron chi connectivity index (χ0n) is 48.0. The van der Waals surface area contributed by atoms with Gasteiger partial charge in [-0.1, -0.05) is 124 Å². The van der Waals surface area contributed by atoms with Gasteiger partial charge in [-0.3, -0.25) is 28.8 Å². The largest absolute Gasteiger partial charge is 0.496 e. The summed E-state index contributed by atoms with van der Waals surface area (Å²) >= 11 is 0. The van der Waals surface area contributed by atoms with E-state index in [0.29, 0.717) is 44.9 Å². The Morgan fingerprint density at radius 3 is 2.06 bits per heavy atom. The van der Waals surface area contributed by atoms with Crippen molar-refractivity contribution >= 4 is 59.3 Å². The number of benzene rings is 2. The molecule has 0 saturated heterocycles. The van der Waals surface area contributed by atoms with Crippen LogP contribution >= 0.6 is 0 Å². The van der Waals surface area contributed by atoms with E-state index in [-0.39, 0.29) is 61.3 Å². The van der Waals surface area contributed by atoms with E-state index in [1.807, 2.05) is 70.3 Å². The van der Waals surface area contributed by atoms with E-state index in [2.05, 4.69) is 88.9 Å². The van der Waals surface area contributed by atoms with Crippen LogP contribution in [0.5, 0.6) is 5.75 Å². The molecule has 0 radical (unpaired) electrons. The Hall–Kier alpha value is -6.82. The van der Waals surface area contributed by atoms with Crippen molar-refractivity contribution in [3.63, 3.8) is 0 Å². The van der Waals surface area contributed by atoms with Gasteiger partial charge in [-0.2, -0.15) is 0 Å². The molecule has 77 heavy (non-hydrogen) atoms. The number of unbranched alkanes of at least 4 members (excludes halogenated alkanes) is 2. The third-order valence-corrected chi connectivity index (χ3v) is 12.7. The maximum absolute atomic E-state index is 13.3. The number of nitrogens with zero attached hydrogens (tertiary/aromatic N) is 2. The van der Waals surface area contributed by atoms with Crippen molar-refractivity contribution in [1.82, 2.24) is 36.5 Å². The molecular formula is C59H91N9O9. The molecule has 18 heteroatoms. The molecule has 426 valence electrons. The SMILES string of the molecule is C=c1ccn(Cc2ccc(C(C)(C)COCC(C)(C)CNC(=O)CNC(=O)C(Cc3ccccc3)NC(=O)CNC(=O)CNC(=O)CC)cc2OC)/c1=C(/N=C(/N)CCC)NCCCCC.CCC(C)C(=O)CCC(C)=O. The van der Waals surface area contributed by atoms with Gasteiger partial charge < -0.3 is 56.5 Å². The number of carbonyl (C=O) groups excluding carboxylic acids is 7. The number of methoxy groups -OCH3 is 1. The molecule has 2 unspecified atom stereocenters. The van der Waals surface area contributed by atoms with Crippen LogP contribution in [0.25, 0.3) is 12.4 Å². The Balaban J connectivity index is 0.00000165. The first kappa shape index (κ1) is 66.3. The number of aromatic nitrogens is 1. The third-order valence-electron chi connectivity index (χ3n) is 12.7. The number of carbonyl (C=O) groups is 7. The second-order valence-electron chi connectivity index (χ2n) is 20.9. The minimum Gasteiger partial charge on any atom is -0.496 e. The molecule has 8 N–H and O–H groups in total. The van der Waals surface area contributed by atoms with E-state index in [0.717, 1.165) is 77.5 Å². The normalized spacial score (nSPS) is 12.7. The van der Waals surface area contributed by atoms with Crippen molar-refractivity contribution < 1.29 is 43.0 Å². The second kappa shape index (κ2) is 34.8. The predicted molar refractivity (Wildman–Crippen MR) is 305 cm³/mol. The summed E-state index contributed by atoms with van der Waals surface area (Å²) in [5.41, 5.74) is 8.32. The van der Waals surface area contributed by atoms with Crippen LogP contribution in [0, 0.1) is 11.3 Å². The summed E-state index contributed by atoms with van der Waals surface area (Å²) in [7, 11) is 1.67. The van der Waals surface area contributed by atoms with Crippen LogP contribution in [-0.4, -0.2) is 111 Å². The van der Waals surface area contributed by atoms with Crippen LogP contribution in [-0.2, 0) is 56.7 Å². The van der Waals surface area contributed by atoms with Crippen LogP contribution < -0.4 is 52.9 Å². The van der Waals surface area contributed by atoms with E-state index in [4.69, 9.17) is 20.2 Å². The summed E-state index contributed by atoms with van der Waals surface area (Å²) in [5.74, 6) is 0.0805. The van der Waals surface area contributed by atoms with Crippen LogP contribution in [0.15, 0.2) is 65.8 Å². The van der Waals surface area contributed by atoms with Gasteiger partial charge >= 0.3 is 0 Å². The Labute approximate surface area is 457 Å². The minimum atomic E-state index is -1.02. The number of hydrogen-bond acceptors (Lipinski definition) is 11. The predicted octanol–water partition coefficient (Wildman–Crippen LogP) is 4.85. The lowest BCUT2D eigenvalue weighted by Gasteiger charge is -2.30. The topological polar surface area (TPSA) is 253 Å². The number of rotatable bonds is 34. The van der Waals surface area contributed by atoms with Crippen molar-refractivity contribution in [2.24, 2.45) is 22.1 Å². The number of amides is 5. The summed E-state index contributed by atoms with van der Waals surface area (Å²) < 4.78 is 14.4. The highest BCUT2D eigenvalue weighted by Crippen LogP contribution is 2.30. The molecule has 1 aromatic heterocycles. The second-order valence-corrected chi connectivity index (χ2v) is 20.9. The maximum atomic E-state index is 13.3. The van der Waals surface area contributed by atoms with Crippen LogP contribution in [0.3, 0.4) is 0 Å². The van der Waals surface area contributed by atoms with Gasteiger partial charge in [-0.05, 0) is 54.7 Å². The number of aliphatic imine (C=N–C) groups is 1. The Bertz CT molecular complexity index is 2520. The van der Waals surface area contributed by atoms with Gasteiger partial charge in [0.2, 0.25) is 29.5 Å². The zero-order valence-corrected chi connectivity index (χ0v) is 48.0. The first-order valence-corrected chi connectivity index (χ1v) is 27.1. The fourth-order valence-corrected chi connectivity index (χ4v) is 7.66. The minimum absolute atomic E-state index is 0.0988. The van der Waals surface area contributed by atoms with Gasteiger partial charge in [0.1, 0.15) is 29.2 Å². The quantitative estimate of drug-likeness (QED) is 0.0242. The molecule has 1 heterocycles. The molecule has 0 fully saturated rings. The van der Waals surface area contributed by atoms with E-state index in [9.17, 15) is 33.6 Å². The lowest BCUT2D eigenvalue weighted by molar-refractivity contribution is -0.131. The molecule has 0 aliphatic heterocycles. The molecule has 0 bridgehead atoms. The Morgan fingerprint density at radius 1 is 0.766 bits per heavy atom. The van der Waals surface area contributed by atoms with Crippen molar-refractivity contribution in [3.8, 4) is 5.75 Å². The van der Waals surface area contributed by atoms with Crippen LogP contribution in [0.2, 0.25) is 0 Å². The first-order valence-electron chi connectivity index (χ1n) is 27.1. The molecule has 18 nitrogen and oxygen atoms in total. The summed E-state index contributed by atoms with van der Waals surface area (Å²) in [6, 6.07) is 16.3. The number of nitrogens with two attached hydrogens (primary N) is 1. The van der Waals surface area contributed by atoms with E-state index in [1.165, 1.54) is 6.92 Å². The summed E-state index contributed by atoms with van der Waals surface area (Å²) in [6.45, 7) is 25.2. The monoisotopic (exact) mass is 1070 g/mol. The smallest absolute Gasteiger partial charge is 0.243 e. The number of ether oxygens (including phenoxy) is 2. The Morgan fingerprint density at radius 2 is 1.43 bits per heavy atom. The molecule has 0 saturated carbocycles. The zero-order chi connectivity index (χ0) is 57.6. The maximum Gasteiger partial charge on any atom is 0.243 e. The lowest BCUT2D eigenvalue weighted by atomic mass is 9.84. The van der Waals surface area contributed by atoms with Crippen LogP contribution in [0.4, 0.5) is 0 Å². The number of Topliss-reactive ketones (excluding diaryl/α,β-unsaturated/α-hetero) is 2. The van der Waals surface area contributed by atoms with Gasteiger partial charge in [0.05, 0.1) is 51.9 Å². The summed E-state index contributed by atoms with van der Waals surface area (Å²) in [5, 5.41) is 18.3. The van der Waals surface area contributed by atoms with Gasteiger partial charge in [0.15, 0.2) is 5.82 Å². The van der Waals surface area contributed by atoms with E-state index in [1.54, 1.807) is 14.0 Å². The Kier molecular flexibility index (Phi) is 29.9. The van der Waals surface area contributed by atoms with Gasteiger partial charge in [0, 0.05) is 73.7 Å². The lowest BCUT2D eigenvalue weighted by Crippen LogP contribution is -2.52. The van der Waals surface area contributed by atoms with Crippen LogP contribution in [0.1, 0.15) is 144 Å². The molecule has 0 aliphatic rings. The van der Waals surface area contributed by atoms with E-state index < -0.39 is 41.6 Å². The third kappa shape index (κ3) is 25.7. The molecule has 5 amide bonds. The molecule has 2 atom stereocenters. The molecule has 0 spiro atoms.